The monoisotopic (exact) mass is 198 g/mol. The van der Waals surface area contributed by atoms with E-state index in [4.69, 9.17) is 0 Å². The van der Waals surface area contributed by atoms with Gasteiger partial charge in [0.15, 0.2) is 5.78 Å². The highest BCUT2D eigenvalue weighted by Crippen LogP contribution is 2.33. The molecular formula is C12H22O2. The molecule has 82 valence electrons. The van der Waals surface area contributed by atoms with Crippen molar-refractivity contribution in [3.63, 3.8) is 0 Å². The lowest BCUT2D eigenvalue weighted by molar-refractivity contribution is -0.141. The van der Waals surface area contributed by atoms with Crippen molar-refractivity contribution in [1.82, 2.24) is 0 Å². The minimum absolute atomic E-state index is 0.0752. The lowest BCUT2D eigenvalue weighted by atomic mass is 9.76. The third kappa shape index (κ3) is 2.81. The van der Waals surface area contributed by atoms with E-state index < -0.39 is 5.60 Å². The van der Waals surface area contributed by atoms with Crippen LogP contribution >= 0.6 is 0 Å². The van der Waals surface area contributed by atoms with Gasteiger partial charge >= 0.3 is 0 Å². The molecule has 0 aromatic heterocycles. The van der Waals surface area contributed by atoms with E-state index in [0.29, 0.717) is 25.2 Å². The van der Waals surface area contributed by atoms with Crippen molar-refractivity contribution in [3.05, 3.63) is 0 Å². The van der Waals surface area contributed by atoms with E-state index in [-0.39, 0.29) is 5.78 Å². The zero-order valence-electron chi connectivity index (χ0n) is 9.38. The topological polar surface area (TPSA) is 37.3 Å². The molecular weight excluding hydrogens is 176 g/mol. The van der Waals surface area contributed by atoms with Crippen LogP contribution in [0.2, 0.25) is 0 Å². The number of carbonyl (C=O) groups excluding carboxylic acids is 1. The van der Waals surface area contributed by atoms with Crippen LogP contribution in [0.15, 0.2) is 0 Å². The molecule has 0 aromatic carbocycles. The number of Topliss-reactive ketones (excluding diaryl/α,β-unsaturated/α-hetero) is 1. The summed E-state index contributed by atoms with van der Waals surface area (Å²) in [5, 5.41) is 10.1. The van der Waals surface area contributed by atoms with Gasteiger partial charge in [0.05, 0.1) is 0 Å². The number of aliphatic hydroxyl groups is 1. The molecule has 0 amide bonds. The Morgan fingerprint density at radius 3 is 2.50 bits per heavy atom. The minimum Gasteiger partial charge on any atom is -0.382 e. The van der Waals surface area contributed by atoms with Crippen LogP contribution in [0.3, 0.4) is 0 Å². The van der Waals surface area contributed by atoms with Crippen molar-refractivity contribution in [3.8, 4) is 0 Å². The molecule has 1 N–H and O–H groups in total. The number of ketones is 1. The quantitative estimate of drug-likeness (QED) is 0.754. The largest absolute Gasteiger partial charge is 0.382 e. The van der Waals surface area contributed by atoms with E-state index in [2.05, 4.69) is 13.8 Å². The molecule has 0 aromatic rings. The average Bonchev–Trinajstić information content (AvgIpc) is 2.19. The van der Waals surface area contributed by atoms with Crippen LogP contribution in [0.5, 0.6) is 0 Å². The Kier molecular flexibility index (Phi) is 4.11. The SMILES string of the molecule is CCCCC(=O)C1(O)CCC(C)CC1. The second kappa shape index (κ2) is 4.92. The van der Waals surface area contributed by atoms with Crippen molar-refractivity contribution >= 4 is 5.78 Å². The first-order chi connectivity index (χ1) is 6.58. The van der Waals surface area contributed by atoms with E-state index in [1.165, 1.54) is 0 Å². The Bertz CT molecular complexity index is 190. The highest BCUT2D eigenvalue weighted by atomic mass is 16.3. The van der Waals surface area contributed by atoms with Gasteiger partial charge in [0.25, 0.3) is 0 Å². The third-order valence-electron chi connectivity index (χ3n) is 3.38. The molecule has 0 heterocycles. The smallest absolute Gasteiger partial charge is 0.164 e. The van der Waals surface area contributed by atoms with Crippen LogP contribution in [-0.2, 0) is 4.79 Å². The van der Waals surface area contributed by atoms with E-state index in [1.54, 1.807) is 0 Å². The van der Waals surface area contributed by atoms with Crippen molar-refractivity contribution in [1.29, 1.82) is 0 Å². The van der Waals surface area contributed by atoms with E-state index in [9.17, 15) is 9.90 Å². The number of carbonyl (C=O) groups is 1. The molecule has 1 fully saturated rings. The second-order valence-electron chi connectivity index (χ2n) is 4.74. The Morgan fingerprint density at radius 2 is 2.00 bits per heavy atom. The Hall–Kier alpha value is -0.370. The third-order valence-corrected chi connectivity index (χ3v) is 3.38. The molecule has 0 spiro atoms. The molecule has 0 atom stereocenters. The van der Waals surface area contributed by atoms with Crippen molar-refractivity contribution < 1.29 is 9.90 Å². The van der Waals surface area contributed by atoms with E-state index >= 15 is 0 Å². The molecule has 0 radical (unpaired) electrons. The Balaban J connectivity index is 2.44. The summed E-state index contributed by atoms with van der Waals surface area (Å²) >= 11 is 0. The number of hydrogen-bond donors (Lipinski definition) is 1. The van der Waals surface area contributed by atoms with Gasteiger partial charge < -0.3 is 5.11 Å². The summed E-state index contributed by atoms with van der Waals surface area (Å²) in [5.41, 5.74) is -0.971. The fourth-order valence-electron chi connectivity index (χ4n) is 2.09. The predicted molar refractivity (Wildman–Crippen MR) is 57.1 cm³/mol. The maximum atomic E-state index is 11.7. The van der Waals surface area contributed by atoms with Gasteiger partial charge in [-0.3, -0.25) is 4.79 Å². The summed E-state index contributed by atoms with van der Waals surface area (Å²) in [4.78, 5) is 11.7. The predicted octanol–water partition coefficient (Wildman–Crippen LogP) is 2.69. The first-order valence-electron chi connectivity index (χ1n) is 5.84. The summed E-state index contributed by atoms with van der Waals surface area (Å²) in [6.07, 6.45) is 5.84. The fraction of sp³-hybridized carbons (Fsp3) is 0.917. The highest BCUT2D eigenvalue weighted by molar-refractivity contribution is 5.87. The van der Waals surface area contributed by atoms with Gasteiger partial charge in [-0.25, -0.2) is 0 Å². The Labute approximate surface area is 86.7 Å². The van der Waals surface area contributed by atoms with Gasteiger partial charge in [-0.1, -0.05) is 20.3 Å². The van der Waals surface area contributed by atoms with Gasteiger partial charge in [-0.05, 0) is 38.0 Å². The zero-order valence-corrected chi connectivity index (χ0v) is 9.38. The number of unbranched alkanes of at least 4 members (excludes halogenated alkanes) is 1. The highest BCUT2D eigenvalue weighted by Gasteiger charge is 2.37. The standard InChI is InChI=1S/C12H22O2/c1-3-4-5-11(13)12(14)8-6-10(2)7-9-12/h10,14H,3-9H2,1-2H3. The molecule has 14 heavy (non-hydrogen) atoms. The second-order valence-corrected chi connectivity index (χ2v) is 4.74. The van der Waals surface area contributed by atoms with Gasteiger partial charge in [0, 0.05) is 6.42 Å². The maximum absolute atomic E-state index is 11.7. The first kappa shape index (κ1) is 11.7. The summed E-state index contributed by atoms with van der Waals surface area (Å²) in [7, 11) is 0. The van der Waals surface area contributed by atoms with Crippen LogP contribution < -0.4 is 0 Å². The van der Waals surface area contributed by atoms with Crippen LogP contribution in [0.25, 0.3) is 0 Å². The lowest BCUT2D eigenvalue weighted by Crippen LogP contribution is -2.41. The molecule has 0 aliphatic heterocycles. The van der Waals surface area contributed by atoms with Crippen molar-refractivity contribution in [2.75, 3.05) is 0 Å². The zero-order chi connectivity index (χ0) is 10.6. The van der Waals surface area contributed by atoms with Crippen LogP contribution in [-0.4, -0.2) is 16.5 Å². The van der Waals surface area contributed by atoms with Crippen molar-refractivity contribution in [2.45, 2.75) is 64.4 Å². The molecule has 0 saturated heterocycles. The molecule has 2 heteroatoms. The van der Waals surface area contributed by atoms with Gasteiger partial charge in [0.2, 0.25) is 0 Å². The number of rotatable bonds is 4. The van der Waals surface area contributed by atoms with Gasteiger partial charge in [-0.15, -0.1) is 0 Å². The molecule has 1 aliphatic carbocycles. The maximum Gasteiger partial charge on any atom is 0.164 e. The average molecular weight is 198 g/mol. The molecule has 0 bridgehead atoms. The first-order valence-corrected chi connectivity index (χ1v) is 5.84. The molecule has 1 aliphatic rings. The summed E-state index contributed by atoms with van der Waals surface area (Å²) in [6.45, 7) is 4.26. The fourth-order valence-corrected chi connectivity index (χ4v) is 2.09. The minimum atomic E-state index is -0.971. The summed E-state index contributed by atoms with van der Waals surface area (Å²) < 4.78 is 0. The van der Waals surface area contributed by atoms with E-state index in [1.807, 2.05) is 0 Å². The van der Waals surface area contributed by atoms with Crippen LogP contribution in [0.1, 0.15) is 58.8 Å². The number of hydrogen-bond acceptors (Lipinski definition) is 2. The summed E-state index contributed by atoms with van der Waals surface area (Å²) in [5.74, 6) is 0.750. The summed E-state index contributed by atoms with van der Waals surface area (Å²) in [6, 6.07) is 0. The van der Waals surface area contributed by atoms with E-state index in [0.717, 1.165) is 25.7 Å². The van der Waals surface area contributed by atoms with Crippen LogP contribution in [0.4, 0.5) is 0 Å². The normalized spacial score (nSPS) is 32.9. The molecule has 0 unspecified atom stereocenters. The molecule has 1 rings (SSSR count). The van der Waals surface area contributed by atoms with Gasteiger partial charge in [-0.2, -0.15) is 0 Å². The van der Waals surface area contributed by atoms with Crippen LogP contribution in [0, 0.1) is 5.92 Å². The lowest BCUT2D eigenvalue weighted by Gasteiger charge is -2.33. The Morgan fingerprint density at radius 1 is 1.43 bits per heavy atom. The van der Waals surface area contributed by atoms with Crippen molar-refractivity contribution in [2.24, 2.45) is 5.92 Å². The molecule has 1 saturated carbocycles. The van der Waals surface area contributed by atoms with Gasteiger partial charge in [0.1, 0.15) is 5.60 Å². The molecule has 2 nitrogen and oxygen atoms in total.